The number of hydrogen-bond acceptors (Lipinski definition) is 2. The number of hydrogen-bond donors (Lipinski definition) is 1. The van der Waals surface area contributed by atoms with Gasteiger partial charge in [-0.25, -0.2) is 0 Å². The van der Waals surface area contributed by atoms with Crippen molar-refractivity contribution < 1.29 is 9.59 Å². The number of carbonyl (C=O) groups excluding carboxylic acids is 2. The molecule has 0 aliphatic heterocycles. The first kappa shape index (κ1) is 20.7. The number of carbonyl (C=O) groups is 2. The molecule has 0 unspecified atom stereocenters. The minimum Gasteiger partial charge on any atom is -0.352 e. The maximum absolute atomic E-state index is 12.7. The summed E-state index contributed by atoms with van der Waals surface area (Å²) >= 11 is 0. The van der Waals surface area contributed by atoms with Gasteiger partial charge in [-0.15, -0.1) is 0 Å². The standard InChI is InChI=1S/C23H30N2O2/c1-3-16-25(17-4-2)23(27)21-14-8-13-20(18-21)22(26)24-15-9-12-19-10-6-5-7-11-19/h5-8,10-11,13-14,18H,3-4,9,12,15-17H2,1-2H3,(H,24,26). The van der Waals surface area contributed by atoms with E-state index in [1.807, 2.05) is 23.1 Å². The molecule has 0 aliphatic carbocycles. The van der Waals surface area contributed by atoms with Gasteiger partial charge in [0.05, 0.1) is 0 Å². The molecule has 0 spiro atoms. The molecule has 2 aromatic rings. The maximum Gasteiger partial charge on any atom is 0.253 e. The van der Waals surface area contributed by atoms with Gasteiger partial charge in [-0.2, -0.15) is 0 Å². The number of rotatable bonds is 10. The first-order chi connectivity index (χ1) is 13.2. The van der Waals surface area contributed by atoms with Crippen LogP contribution in [0.5, 0.6) is 0 Å². The molecule has 4 heteroatoms. The molecule has 144 valence electrons. The highest BCUT2D eigenvalue weighted by Gasteiger charge is 2.16. The van der Waals surface area contributed by atoms with E-state index in [0.29, 0.717) is 17.7 Å². The van der Waals surface area contributed by atoms with Crippen molar-refractivity contribution in [3.63, 3.8) is 0 Å². The van der Waals surface area contributed by atoms with Crippen molar-refractivity contribution in [3.05, 3.63) is 71.3 Å². The summed E-state index contributed by atoms with van der Waals surface area (Å²) < 4.78 is 0. The van der Waals surface area contributed by atoms with E-state index in [1.165, 1.54) is 5.56 Å². The van der Waals surface area contributed by atoms with Gasteiger partial charge >= 0.3 is 0 Å². The average molecular weight is 367 g/mol. The molecule has 0 aliphatic rings. The lowest BCUT2D eigenvalue weighted by atomic mass is 10.1. The Balaban J connectivity index is 1.91. The van der Waals surface area contributed by atoms with E-state index in [4.69, 9.17) is 0 Å². The predicted molar refractivity (Wildman–Crippen MR) is 110 cm³/mol. The van der Waals surface area contributed by atoms with Gasteiger partial charge < -0.3 is 10.2 Å². The van der Waals surface area contributed by atoms with Crippen LogP contribution in [0.15, 0.2) is 54.6 Å². The van der Waals surface area contributed by atoms with Crippen molar-refractivity contribution in [2.24, 2.45) is 0 Å². The Morgan fingerprint density at radius 3 is 2.22 bits per heavy atom. The zero-order chi connectivity index (χ0) is 19.5. The SMILES string of the molecule is CCCN(CCC)C(=O)c1cccc(C(=O)NCCCc2ccccc2)c1. The summed E-state index contributed by atoms with van der Waals surface area (Å²) in [6, 6.07) is 17.3. The van der Waals surface area contributed by atoms with Crippen LogP contribution in [-0.4, -0.2) is 36.3 Å². The molecule has 0 fully saturated rings. The highest BCUT2D eigenvalue weighted by atomic mass is 16.2. The molecule has 2 rings (SSSR count). The summed E-state index contributed by atoms with van der Waals surface area (Å²) in [4.78, 5) is 27.0. The van der Waals surface area contributed by atoms with Gasteiger partial charge in [0.25, 0.3) is 11.8 Å². The molecule has 27 heavy (non-hydrogen) atoms. The largest absolute Gasteiger partial charge is 0.352 e. The van der Waals surface area contributed by atoms with E-state index < -0.39 is 0 Å². The third kappa shape index (κ3) is 6.55. The van der Waals surface area contributed by atoms with Crippen molar-refractivity contribution in [1.82, 2.24) is 10.2 Å². The Hall–Kier alpha value is -2.62. The summed E-state index contributed by atoms with van der Waals surface area (Å²) in [6.07, 6.45) is 3.67. The van der Waals surface area contributed by atoms with Crippen LogP contribution < -0.4 is 5.32 Å². The van der Waals surface area contributed by atoms with E-state index in [2.05, 4.69) is 31.3 Å². The van der Waals surface area contributed by atoms with Gasteiger partial charge in [0, 0.05) is 30.8 Å². The van der Waals surface area contributed by atoms with Crippen LogP contribution in [0.4, 0.5) is 0 Å². The van der Waals surface area contributed by atoms with Crippen LogP contribution in [0.1, 0.15) is 59.4 Å². The van der Waals surface area contributed by atoms with E-state index in [1.54, 1.807) is 24.3 Å². The molecule has 0 bridgehead atoms. The van der Waals surface area contributed by atoms with Crippen molar-refractivity contribution in [3.8, 4) is 0 Å². The van der Waals surface area contributed by atoms with Crippen LogP contribution in [0, 0.1) is 0 Å². The van der Waals surface area contributed by atoms with E-state index in [0.717, 1.165) is 38.8 Å². The first-order valence-electron chi connectivity index (χ1n) is 9.87. The summed E-state index contributed by atoms with van der Waals surface area (Å²) in [7, 11) is 0. The predicted octanol–water partition coefficient (Wildman–Crippen LogP) is 4.31. The maximum atomic E-state index is 12.7. The van der Waals surface area contributed by atoms with Gasteiger partial charge in [0.15, 0.2) is 0 Å². The Bertz CT molecular complexity index is 722. The quantitative estimate of drug-likeness (QED) is 0.637. The summed E-state index contributed by atoms with van der Waals surface area (Å²) in [6.45, 7) is 6.22. The monoisotopic (exact) mass is 366 g/mol. The minimum atomic E-state index is -0.129. The van der Waals surface area contributed by atoms with Crippen molar-refractivity contribution in [2.45, 2.75) is 39.5 Å². The van der Waals surface area contributed by atoms with Crippen molar-refractivity contribution in [1.29, 1.82) is 0 Å². The molecule has 1 N–H and O–H groups in total. The minimum absolute atomic E-state index is 0.00238. The molecule has 2 amide bonds. The molecule has 0 heterocycles. The smallest absolute Gasteiger partial charge is 0.253 e. The molecule has 0 aromatic heterocycles. The fourth-order valence-corrected chi connectivity index (χ4v) is 3.07. The second-order valence-corrected chi connectivity index (χ2v) is 6.72. The molecular weight excluding hydrogens is 336 g/mol. The molecule has 0 saturated heterocycles. The van der Waals surface area contributed by atoms with E-state index >= 15 is 0 Å². The van der Waals surface area contributed by atoms with Crippen molar-refractivity contribution >= 4 is 11.8 Å². The van der Waals surface area contributed by atoms with Gasteiger partial charge in [0.1, 0.15) is 0 Å². The Labute approximate surface area is 162 Å². The number of nitrogens with one attached hydrogen (secondary N) is 1. The fraction of sp³-hybridized carbons (Fsp3) is 0.391. The highest BCUT2D eigenvalue weighted by Crippen LogP contribution is 2.10. The lowest BCUT2D eigenvalue weighted by Crippen LogP contribution is -2.32. The van der Waals surface area contributed by atoms with E-state index in [9.17, 15) is 9.59 Å². The van der Waals surface area contributed by atoms with E-state index in [-0.39, 0.29) is 11.8 Å². The van der Waals surface area contributed by atoms with Gasteiger partial charge in [-0.1, -0.05) is 50.2 Å². The second kappa shape index (κ2) is 11.2. The third-order valence-corrected chi connectivity index (χ3v) is 4.42. The van der Waals surface area contributed by atoms with Crippen LogP contribution in [0.3, 0.4) is 0 Å². The lowest BCUT2D eigenvalue weighted by molar-refractivity contribution is 0.0755. The normalized spacial score (nSPS) is 10.4. The average Bonchev–Trinajstić information content (AvgIpc) is 2.71. The van der Waals surface area contributed by atoms with Crippen molar-refractivity contribution in [2.75, 3.05) is 19.6 Å². The zero-order valence-corrected chi connectivity index (χ0v) is 16.4. The number of nitrogens with zero attached hydrogens (tertiary/aromatic N) is 1. The molecule has 0 radical (unpaired) electrons. The molecule has 4 nitrogen and oxygen atoms in total. The summed E-state index contributed by atoms with van der Waals surface area (Å²) in [5, 5.41) is 2.95. The topological polar surface area (TPSA) is 49.4 Å². The molecular formula is C23H30N2O2. The summed E-state index contributed by atoms with van der Waals surface area (Å²) in [5.74, 6) is -0.132. The van der Waals surface area contributed by atoms with Gasteiger partial charge in [0.2, 0.25) is 0 Å². The van der Waals surface area contributed by atoms with Gasteiger partial charge in [-0.3, -0.25) is 9.59 Å². The third-order valence-electron chi connectivity index (χ3n) is 4.42. The van der Waals surface area contributed by atoms with Crippen LogP contribution in [0.2, 0.25) is 0 Å². The number of amides is 2. The second-order valence-electron chi connectivity index (χ2n) is 6.72. The highest BCUT2D eigenvalue weighted by molar-refractivity contribution is 5.99. The molecule has 0 saturated carbocycles. The van der Waals surface area contributed by atoms with Crippen LogP contribution in [0.25, 0.3) is 0 Å². The zero-order valence-electron chi connectivity index (χ0n) is 16.4. The Morgan fingerprint density at radius 1 is 0.889 bits per heavy atom. The fourth-order valence-electron chi connectivity index (χ4n) is 3.07. The van der Waals surface area contributed by atoms with Crippen LogP contribution in [-0.2, 0) is 6.42 Å². The number of benzene rings is 2. The Kier molecular flexibility index (Phi) is 8.56. The Morgan fingerprint density at radius 2 is 1.56 bits per heavy atom. The summed E-state index contributed by atoms with van der Waals surface area (Å²) in [5.41, 5.74) is 2.38. The van der Waals surface area contributed by atoms with Crippen LogP contribution >= 0.6 is 0 Å². The molecule has 2 aromatic carbocycles. The van der Waals surface area contributed by atoms with Gasteiger partial charge in [-0.05, 0) is 49.4 Å². The first-order valence-corrected chi connectivity index (χ1v) is 9.87. The lowest BCUT2D eigenvalue weighted by Gasteiger charge is -2.21. The molecule has 0 atom stereocenters. The number of aryl methyl sites for hydroxylation is 1.